The number of aryl methyl sites for hydroxylation is 1. The molecule has 3 aromatic rings. The Labute approximate surface area is 156 Å². The zero-order valence-corrected chi connectivity index (χ0v) is 15.1. The summed E-state index contributed by atoms with van der Waals surface area (Å²) in [6.45, 7) is 3.87. The Balaban J connectivity index is 1.52. The summed E-state index contributed by atoms with van der Waals surface area (Å²) in [6, 6.07) is 11.3. The van der Waals surface area contributed by atoms with E-state index in [9.17, 15) is 9.18 Å². The minimum absolute atomic E-state index is 0.0433. The molecule has 6 nitrogen and oxygen atoms in total. The molecule has 1 atom stereocenters. The van der Waals surface area contributed by atoms with Gasteiger partial charge in [0.2, 0.25) is 5.89 Å². The van der Waals surface area contributed by atoms with Crippen molar-refractivity contribution in [3.05, 3.63) is 77.5 Å². The summed E-state index contributed by atoms with van der Waals surface area (Å²) in [6.07, 6.45) is 1.90. The minimum Gasteiger partial charge on any atom is -0.484 e. The van der Waals surface area contributed by atoms with E-state index < -0.39 is 0 Å². The zero-order chi connectivity index (χ0) is 19.2. The summed E-state index contributed by atoms with van der Waals surface area (Å²) in [5.41, 5.74) is 2.03. The van der Waals surface area contributed by atoms with Crippen molar-refractivity contribution in [1.82, 2.24) is 15.3 Å². The molecule has 0 spiro atoms. The normalized spacial score (nSPS) is 11.8. The lowest BCUT2D eigenvalue weighted by molar-refractivity contribution is 0.0935. The summed E-state index contributed by atoms with van der Waals surface area (Å²) >= 11 is 0. The van der Waals surface area contributed by atoms with Gasteiger partial charge in [0.05, 0.1) is 0 Å². The van der Waals surface area contributed by atoms with Crippen LogP contribution in [0.15, 0.2) is 53.1 Å². The maximum absolute atomic E-state index is 12.9. The Bertz CT molecular complexity index is 909. The van der Waals surface area contributed by atoms with Crippen LogP contribution in [0.5, 0.6) is 5.75 Å². The van der Waals surface area contributed by atoms with Gasteiger partial charge in [0.25, 0.3) is 5.91 Å². The molecule has 2 heterocycles. The molecule has 0 aliphatic heterocycles. The van der Waals surface area contributed by atoms with E-state index in [1.54, 1.807) is 0 Å². The Kier molecular flexibility index (Phi) is 5.80. The van der Waals surface area contributed by atoms with Crippen molar-refractivity contribution >= 4 is 5.91 Å². The number of amides is 1. The minimum atomic E-state index is -0.340. The Hall–Kier alpha value is -3.22. The second-order valence-corrected chi connectivity index (χ2v) is 6.22. The number of halogens is 1. The zero-order valence-electron chi connectivity index (χ0n) is 15.1. The van der Waals surface area contributed by atoms with Crippen LogP contribution in [0.1, 0.15) is 34.7 Å². The van der Waals surface area contributed by atoms with E-state index in [1.807, 2.05) is 32.0 Å². The molecule has 0 saturated carbocycles. The molecule has 0 unspecified atom stereocenters. The maximum atomic E-state index is 12.9. The van der Waals surface area contributed by atoms with Crippen LogP contribution in [0.2, 0.25) is 0 Å². The van der Waals surface area contributed by atoms with Crippen LogP contribution >= 0.6 is 0 Å². The van der Waals surface area contributed by atoms with Gasteiger partial charge in [-0.15, -0.1) is 0 Å². The van der Waals surface area contributed by atoms with E-state index in [1.165, 1.54) is 30.5 Å². The van der Waals surface area contributed by atoms with Crippen LogP contribution in [-0.2, 0) is 13.0 Å². The summed E-state index contributed by atoms with van der Waals surface area (Å²) in [5, 5.41) is 2.87. The molecule has 1 amide bonds. The van der Waals surface area contributed by atoms with Crippen LogP contribution in [-0.4, -0.2) is 21.9 Å². The van der Waals surface area contributed by atoms with Crippen molar-refractivity contribution in [2.75, 3.05) is 0 Å². The van der Waals surface area contributed by atoms with Crippen LogP contribution in [0.4, 0.5) is 4.39 Å². The smallest absolute Gasteiger partial charge is 0.273 e. The molecule has 1 N–H and O–H groups in total. The van der Waals surface area contributed by atoms with Crippen molar-refractivity contribution in [2.24, 2.45) is 0 Å². The largest absolute Gasteiger partial charge is 0.484 e. The monoisotopic (exact) mass is 369 g/mol. The molecule has 1 aromatic carbocycles. The fourth-order valence-corrected chi connectivity index (χ4v) is 2.53. The molecule has 7 heteroatoms. The van der Waals surface area contributed by atoms with Crippen molar-refractivity contribution in [2.45, 2.75) is 32.9 Å². The molecule has 0 aliphatic carbocycles. The van der Waals surface area contributed by atoms with Crippen LogP contribution in [0.3, 0.4) is 0 Å². The van der Waals surface area contributed by atoms with Gasteiger partial charge < -0.3 is 14.5 Å². The first kappa shape index (κ1) is 18.6. The van der Waals surface area contributed by atoms with Gasteiger partial charge in [-0.2, -0.15) is 0 Å². The highest BCUT2D eigenvalue weighted by atomic mass is 19.1. The third-order valence-corrected chi connectivity index (χ3v) is 3.80. The van der Waals surface area contributed by atoms with Crippen molar-refractivity contribution < 1.29 is 18.3 Å². The highest BCUT2D eigenvalue weighted by Crippen LogP contribution is 2.13. The van der Waals surface area contributed by atoms with Gasteiger partial charge in [0, 0.05) is 23.9 Å². The standard InChI is InChI=1S/C20H20FN3O3/c1-13-4-3-5-16(22-13)10-14(2)23-20(25)18-11-27-19(24-18)12-26-17-8-6-15(21)7-9-17/h3-9,11,14H,10,12H2,1-2H3,(H,23,25)/t14-/m1/s1. The molecule has 0 saturated heterocycles. The van der Waals surface area contributed by atoms with E-state index in [0.29, 0.717) is 12.2 Å². The quantitative estimate of drug-likeness (QED) is 0.690. The number of nitrogens with zero attached hydrogens (tertiary/aromatic N) is 2. The molecular formula is C20H20FN3O3. The lowest BCUT2D eigenvalue weighted by atomic mass is 10.1. The molecule has 2 aromatic heterocycles. The molecular weight excluding hydrogens is 349 g/mol. The average Bonchev–Trinajstić information content (AvgIpc) is 3.10. The van der Waals surface area contributed by atoms with E-state index >= 15 is 0 Å². The van der Waals surface area contributed by atoms with Crippen molar-refractivity contribution in [1.29, 1.82) is 0 Å². The predicted octanol–water partition coefficient (Wildman–Crippen LogP) is 3.46. The summed E-state index contributed by atoms with van der Waals surface area (Å²) in [4.78, 5) is 20.9. The van der Waals surface area contributed by atoms with Crippen molar-refractivity contribution in [3.8, 4) is 5.75 Å². The van der Waals surface area contributed by atoms with Crippen LogP contribution < -0.4 is 10.1 Å². The van der Waals surface area contributed by atoms with Gasteiger partial charge in [-0.25, -0.2) is 9.37 Å². The number of oxazole rings is 1. The van der Waals surface area contributed by atoms with Gasteiger partial charge in [0.15, 0.2) is 12.3 Å². The Morgan fingerprint density at radius 2 is 2.00 bits per heavy atom. The number of carbonyl (C=O) groups is 1. The number of hydrogen-bond donors (Lipinski definition) is 1. The van der Waals surface area contributed by atoms with Crippen LogP contribution in [0, 0.1) is 12.7 Å². The lowest BCUT2D eigenvalue weighted by Crippen LogP contribution is -2.34. The van der Waals surface area contributed by atoms with E-state index in [0.717, 1.165) is 11.4 Å². The maximum Gasteiger partial charge on any atom is 0.273 e. The molecule has 140 valence electrons. The van der Waals surface area contributed by atoms with Gasteiger partial charge in [-0.05, 0) is 50.2 Å². The summed E-state index contributed by atoms with van der Waals surface area (Å²) in [5.74, 6) is 0.0803. The second kappa shape index (κ2) is 8.44. The van der Waals surface area contributed by atoms with Gasteiger partial charge in [-0.3, -0.25) is 9.78 Å². The second-order valence-electron chi connectivity index (χ2n) is 6.22. The highest BCUT2D eigenvalue weighted by molar-refractivity contribution is 5.92. The highest BCUT2D eigenvalue weighted by Gasteiger charge is 2.15. The lowest BCUT2D eigenvalue weighted by Gasteiger charge is -2.12. The van der Waals surface area contributed by atoms with Gasteiger partial charge >= 0.3 is 0 Å². The van der Waals surface area contributed by atoms with E-state index in [-0.39, 0.29) is 36.0 Å². The third-order valence-electron chi connectivity index (χ3n) is 3.80. The first-order valence-electron chi connectivity index (χ1n) is 8.56. The van der Waals surface area contributed by atoms with Crippen molar-refractivity contribution in [3.63, 3.8) is 0 Å². The number of rotatable bonds is 7. The topological polar surface area (TPSA) is 77.2 Å². The number of nitrogens with one attached hydrogen (secondary N) is 1. The van der Waals surface area contributed by atoms with E-state index in [4.69, 9.17) is 9.15 Å². The summed E-state index contributed by atoms with van der Waals surface area (Å²) < 4.78 is 23.6. The first-order valence-corrected chi connectivity index (χ1v) is 8.56. The molecule has 0 aliphatic rings. The molecule has 0 fully saturated rings. The fraction of sp³-hybridized carbons (Fsp3) is 0.250. The van der Waals surface area contributed by atoms with Gasteiger partial charge in [0.1, 0.15) is 17.8 Å². The Morgan fingerprint density at radius 1 is 1.22 bits per heavy atom. The Morgan fingerprint density at radius 3 is 2.74 bits per heavy atom. The molecule has 3 rings (SSSR count). The SMILES string of the molecule is Cc1cccc(C[C@@H](C)NC(=O)c2coc(COc3ccc(F)cc3)n2)n1. The third kappa shape index (κ3) is 5.37. The number of pyridine rings is 1. The number of carbonyl (C=O) groups excluding carboxylic acids is 1. The first-order chi connectivity index (χ1) is 13.0. The molecule has 27 heavy (non-hydrogen) atoms. The summed E-state index contributed by atoms with van der Waals surface area (Å²) in [7, 11) is 0. The fourth-order valence-electron chi connectivity index (χ4n) is 2.53. The molecule has 0 bridgehead atoms. The number of hydrogen-bond acceptors (Lipinski definition) is 5. The molecule has 0 radical (unpaired) electrons. The predicted molar refractivity (Wildman–Crippen MR) is 96.8 cm³/mol. The number of ether oxygens (including phenoxy) is 1. The van der Waals surface area contributed by atoms with E-state index in [2.05, 4.69) is 15.3 Å². The number of benzene rings is 1. The average molecular weight is 369 g/mol. The number of aromatic nitrogens is 2. The van der Waals surface area contributed by atoms with Crippen LogP contribution in [0.25, 0.3) is 0 Å². The van der Waals surface area contributed by atoms with Gasteiger partial charge in [-0.1, -0.05) is 6.07 Å².